The molecule has 1 saturated heterocycles. The number of hydrogen-bond donors (Lipinski definition) is 1. The third-order valence-corrected chi connectivity index (χ3v) is 2.70. The number of hydrogen-bond acceptors (Lipinski definition) is 3. The van der Waals surface area contributed by atoms with Gasteiger partial charge in [0.25, 0.3) is 0 Å². The monoisotopic (exact) mass is 214 g/mol. The van der Waals surface area contributed by atoms with Gasteiger partial charge < -0.3 is 9.64 Å². The first-order valence-electron chi connectivity index (χ1n) is 5.58. The van der Waals surface area contributed by atoms with Crippen LogP contribution in [0, 0.1) is 0 Å². The maximum absolute atomic E-state index is 11.8. The molecule has 0 spiro atoms. The second-order valence-electron chi connectivity index (χ2n) is 4.72. The summed E-state index contributed by atoms with van der Waals surface area (Å²) in [7, 11) is 0. The molecule has 1 amide bonds. The van der Waals surface area contributed by atoms with E-state index in [0.29, 0.717) is 13.2 Å². The minimum atomic E-state index is -0.273. The van der Waals surface area contributed by atoms with Crippen molar-refractivity contribution in [2.45, 2.75) is 52.4 Å². The molecule has 1 aliphatic heterocycles. The summed E-state index contributed by atoms with van der Waals surface area (Å²) >= 11 is 0. The molecule has 1 heterocycles. The van der Waals surface area contributed by atoms with E-state index in [-0.39, 0.29) is 23.7 Å². The molecule has 1 aliphatic rings. The lowest BCUT2D eigenvalue weighted by molar-refractivity contribution is -0.134. The van der Waals surface area contributed by atoms with Gasteiger partial charge in [-0.3, -0.25) is 10.1 Å². The normalized spacial score (nSPS) is 27.5. The second kappa shape index (κ2) is 4.49. The van der Waals surface area contributed by atoms with Crippen LogP contribution in [0.3, 0.4) is 0 Å². The summed E-state index contributed by atoms with van der Waals surface area (Å²) < 4.78 is 5.60. The molecule has 2 atom stereocenters. The Morgan fingerprint density at radius 3 is 2.47 bits per heavy atom. The van der Waals surface area contributed by atoms with E-state index in [1.54, 1.807) is 0 Å². The van der Waals surface area contributed by atoms with Crippen LogP contribution in [-0.4, -0.2) is 41.8 Å². The predicted molar refractivity (Wildman–Crippen MR) is 59.5 cm³/mol. The highest BCUT2D eigenvalue weighted by Crippen LogP contribution is 2.17. The molecule has 0 aliphatic carbocycles. The Morgan fingerprint density at radius 2 is 2.07 bits per heavy atom. The fourth-order valence-electron chi connectivity index (χ4n) is 2.02. The van der Waals surface area contributed by atoms with Crippen molar-refractivity contribution in [2.24, 2.45) is 0 Å². The third-order valence-electron chi connectivity index (χ3n) is 2.70. The van der Waals surface area contributed by atoms with Crippen molar-refractivity contribution < 1.29 is 9.53 Å². The van der Waals surface area contributed by atoms with E-state index >= 15 is 0 Å². The molecule has 4 nitrogen and oxygen atoms in total. The van der Waals surface area contributed by atoms with Crippen LogP contribution in [-0.2, 0) is 9.53 Å². The molecule has 1 N–H and O–H groups in total. The van der Waals surface area contributed by atoms with E-state index in [4.69, 9.17) is 4.74 Å². The Kier molecular flexibility index (Phi) is 3.73. The number of nitrogens with zero attached hydrogens (tertiary/aromatic N) is 1. The fourth-order valence-corrected chi connectivity index (χ4v) is 2.02. The molecule has 0 aromatic carbocycles. The van der Waals surface area contributed by atoms with Gasteiger partial charge in [-0.05, 0) is 34.6 Å². The number of ether oxygens (including phenoxy) is 1. The van der Waals surface area contributed by atoms with Crippen molar-refractivity contribution in [3.05, 3.63) is 0 Å². The van der Waals surface area contributed by atoms with Gasteiger partial charge in [-0.2, -0.15) is 0 Å². The highest BCUT2D eigenvalue weighted by Gasteiger charge is 2.36. The SMILES string of the molecule is CCOC(C)(C)CN1C(=O)C(C)NC1C. The van der Waals surface area contributed by atoms with Crippen LogP contribution in [0.2, 0.25) is 0 Å². The Balaban J connectivity index is 2.61. The summed E-state index contributed by atoms with van der Waals surface area (Å²) in [6.45, 7) is 11.2. The minimum absolute atomic E-state index is 0.0718. The van der Waals surface area contributed by atoms with Gasteiger partial charge in [0.1, 0.15) is 0 Å². The van der Waals surface area contributed by atoms with E-state index in [0.717, 1.165) is 0 Å². The summed E-state index contributed by atoms with van der Waals surface area (Å²) in [5.74, 6) is 0.162. The van der Waals surface area contributed by atoms with Crippen molar-refractivity contribution in [1.82, 2.24) is 10.2 Å². The average Bonchev–Trinajstić information content (AvgIpc) is 2.32. The van der Waals surface area contributed by atoms with Crippen LogP contribution in [0.25, 0.3) is 0 Å². The van der Waals surface area contributed by atoms with Gasteiger partial charge in [0, 0.05) is 6.61 Å². The Hall–Kier alpha value is -0.610. The quantitative estimate of drug-likeness (QED) is 0.758. The average molecular weight is 214 g/mol. The van der Waals surface area contributed by atoms with Crippen LogP contribution in [0.5, 0.6) is 0 Å². The Morgan fingerprint density at radius 1 is 1.47 bits per heavy atom. The summed E-state index contributed by atoms with van der Waals surface area (Å²) in [6, 6.07) is -0.0718. The highest BCUT2D eigenvalue weighted by molar-refractivity contribution is 5.83. The predicted octanol–water partition coefficient (Wildman–Crippen LogP) is 0.968. The molecule has 0 bridgehead atoms. The Bertz CT molecular complexity index is 241. The van der Waals surface area contributed by atoms with Gasteiger partial charge in [-0.15, -0.1) is 0 Å². The summed E-state index contributed by atoms with van der Waals surface area (Å²) in [5.41, 5.74) is -0.273. The van der Waals surface area contributed by atoms with Crippen molar-refractivity contribution >= 4 is 5.91 Å². The molecule has 88 valence electrons. The number of carbonyl (C=O) groups is 1. The molecule has 4 heteroatoms. The van der Waals surface area contributed by atoms with Gasteiger partial charge in [-0.25, -0.2) is 0 Å². The van der Waals surface area contributed by atoms with Crippen molar-refractivity contribution in [3.63, 3.8) is 0 Å². The van der Waals surface area contributed by atoms with Gasteiger partial charge in [-0.1, -0.05) is 0 Å². The largest absolute Gasteiger partial charge is 0.374 e. The highest BCUT2D eigenvalue weighted by atomic mass is 16.5. The molecule has 15 heavy (non-hydrogen) atoms. The van der Waals surface area contributed by atoms with E-state index in [2.05, 4.69) is 5.32 Å². The topological polar surface area (TPSA) is 41.6 Å². The molecule has 1 fully saturated rings. The standard InChI is InChI=1S/C11H22N2O2/c1-6-15-11(4,5)7-13-9(3)12-8(2)10(13)14/h8-9,12H,6-7H2,1-5H3. The number of carbonyl (C=O) groups excluding carboxylic acids is 1. The molecule has 0 aromatic rings. The Labute approximate surface area is 92.0 Å². The van der Waals surface area contributed by atoms with Crippen molar-refractivity contribution in [1.29, 1.82) is 0 Å². The first-order chi connectivity index (χ1) is 6.87. The minimum Gasteiger partial charge on any atom is -0.374 e. The number of rotatable bonds is 4. The van der Waals surface area contributed by atoms with Crippen LogP contribution in [0.15, 0.2) is 0 Å². The lowest BCUT2D eigenvalue weighted by Crippen LogP contribution is -2.45. The summed E-state index contributed by atoms with van der Waals surface area (Å²) in [4.78, 5) is 13.7. The molecule has 0 aromatic heterocycles. The van der Waals surface area contributed by atoms with Crippen molar-refractivity contribution in [2.75, 3.05) is 13.2 Å². The van der Waals surface area contributed by atoms with Crippen LogP contribution >= 0.6 is 0 Å². The molecular weight excluding hydrogens is 192 g/mol. The van der Waals surface area contributed by atoms with E-state index in [1.807, 2.05) is 39.5 Å². The molecule has 0 radical (unpaired) electrons. The zero-order valence-electron chi connectivity index (χ0n) is 10.3. The van der Waals surface area contributed by atoms with E-state index < -0.39 is 0 Å². The van der Waals surface area contributed by atoms with Crippen LogP contribution in [0.4, 0.5) is 0 Å². The first-order valence-corrected chi connectivity index (χ1v) is 5.58. The zero-order chi connectivity index (χ0) is 11.6. The smallest absolute Gasteiger partial charge is 0.240 e. The molecular formula is C11H22N2O2. The number of nitrogens with one attached hydrogen (secondary N) is 1. The fraction of sp³-hybridized carbons (Fsp3) is 0.909. The summed E-state index contributed by atoms with van der Waals surface area (Å²) in [6.07, 6.45) is 0.104. The van der Waals surface area contributed by atoms with Crippen LogP contribution in [0.1, 0.15) is 34.6 Å². The van der Waals surface area contributed by atoms with E-state index in [1.165, 1.54) is 0 Å². The molecule has 1 rings (SSSR count). The summed E-state index contributed by atoms with van der Waals surface area (Å²) in [5, 5.41) is 3.20. The first kappa shape index (κ1) is 12.5. The van der Waals surface area contributed by atoms with E-state index in [9.17, 15) is 4.79 Å². The maximum atomic E-state index is 11.8. The zero-order valence-corrected chi connectivity index (χ0v) is 10.3. The third kappa shape index (κ3) is 2.92. The number of amides is 1. The molecule has 0 saturated carbocycles. The van der Waals surface area contributed by atoms with Crippen LogP contribution < -0.4 is 5.32 Å². The van der Waals surface area contributed by atoms with Crippen molar-refractivity contribution in [3.8, 4) is 0 Å². The maximum Gasteiger partial charge on any atom is 0.240 e. The van der Waals surface area contributed by atoms with Gasteiger partial charge >= 0.3 is 0 Å². The lowest BCUT2D eigenvalue weighted by Gasteiger charge is -2.32. The van der Waals surface area contributed by atoms with Gasteiger partial charge in [0.05, 0.1) is 24.4 Å². The lowest BCUT2D eigenvalue weighted by atomic mass is 10.1. The second-order valence-corrected chi connectivity index (χ2v) is 4.72. The molecule has 2 unspecified atom stereocenters. The van der Waals surface area contributed by atoms with Gasteiger partial charge in [0.15, 0.2) is 0 Å². The van der Waals surface area contributed by atoms with Gasteiger partial charge in [0.2, 0.25) is 5.91 Å².